The summed E-state index contributed by atoms with van der Waals surface area (Å²) in [6, 6.07) is 9.47. The van der Waals surface area contributed by atoms with Crippen LogP contribution in [0.2, 0.25) is 0 Å². The lowest BCUT2D eigenvalue weighted by Gasteiger charge is -2.44. The lowest BCUT2D eigenvalue weighted by atomic mass is 9.79. The first-order chi connectivity index (χ1) is 10.8. The van der Waals surface area contributed by atoms with E-state index in [0.717, 1.165) is 5.56 Å². The van der Waals surface area contributed by atoms with Crippen molar-refractivity contribution in [3.63, 3.8) is 0 Å². The molecule has 2 rings (SSSR count). The fourth-order valence-corrected chi connectivity index (χ4v) is 3.13. The Bertz CT molecular complexity index is 566. The second-order valence-corrected chi connectivity index (χ2v) is 7.13. The van der Waals surface area contributed by atoms with Gasteiger partial charge in [-0.1, -0.05) is 51.1 Å². The molecular weight excluding hydrogens is 295 g/mol. The zero-order valence-electron chi connectivity index (χ0n) is 13.9. The minimum Gasteiger partial charge on any atom is -0.465 e. The summed E-state index contributed by atoms with van der Waals surface area (Å²) >= 11 is 0. The number of benzene rings is 1. The van der Waals surface area contributed by atoms with Gasteiger partial charge in [-0.2, -0.15) is 0 Å². The third kappa shape index (κ3) is 4.71. The van der Waals surface area contributed by atoms with Crippen LogP contribution in [0.1, 0.15) is 39.2 Å². The summed E-state index contributed by atoms with van der Waals surface area (Å²) in [7, 11) is 0. The molecule has 0 bridgehead atoms. The summed E-state index contributed by atoms with van der Waals surface area (Å²) < 4.78 is 13.8. The van der Waals surface area contributed by atoms with Crippen molar-refractivity contribution in [3.8, 4) is 0 Å². The Hall–Kier alpha value is -2.04. The van der Waals surface area contributed by atoms with Gasteiger partial charge in [-0.15, -0.1) is 0 Å². The van der Waals surface area contributed by atoms with E-state index < -0.39 is 6.09 Å². The number of carbonyl (C=O) groups is 1. The molecule has 5 heteroatoms. The predicted octanol–water partition coefficient (Wildman–Crippen LogP) is 4.14. The van der Waals surface area contributed by atoms with Crippen LogP contribution in [-0.2, 0) is 6.54 Å². The van der Waals surface area contributed by atoms with E-state index in [1.165, 1.54) is 6.20 Å². The van der Waals surface area contributed by atoms with Crippen molar-refractivity contribution in [1.29, 1.82) is 0 Å². The van der Waals surface area contributed by atoms with Gasteiger partial charge in [-0.3, -0.25) is 0 Å². The van der Waals surface area contributed by atoms with E-state index in [9.17, 15) is 14.3 Å². The van der Waals surface area contributed by atoms with E-state index in [0.29, 0.717) is 19.4 Å². The maximum Gasteiger partial charge on any atom is 0.404 e. The van der Waals surface area contributed by atoms with E-state index in [2.05, 4.69) is 5.32 Å². The number of rotatable bonds is 4. The zero-order chi connectivity index (χ0) is 17.0. The van der Waals surface area contributed by atoms with Crippen LogP contribution < -0.4 is 5.32 Å². The minimum atomic E-state index is -1.04. The highest BCUT2D eigenvalue weighted by Crippen LogP contribution is 2.32. The van der Waals surface area contributed by atoms with E-state index >= 15 is 0 Å². The van der Waals surface area contributed by atoms with Crippen LogP contribution in [0.4, 0.5) is 9.18 Å². The molecule has 0 radical (unpaired) electrons. The van der Waals surface area contributed by atoms with Gasteiger partial charge in [0.1, 0.15) is 5.83 Å². The summed E-state index contributed by atoms with van der Waals surface area (Å²) in [5, 5.41) is 11.8. The Kier molecular flexibility index (Phi) is 5.29. The summed E-state index contributed by atoms with van der Waals surface area (Å²) in [5.74, 6) is -0.153. The molecular formula is C18H25FN2O2. The van der Waals surface area contributed by atoms with E-state index in [1.807, 2.05) is 56.0 Å². The topological polar surface area (TPSA) is 52.6 Å². The van der Waals surface area contributed by atoms with Crippen molar-refractivity contribution in [2.24, 2.45) is 5.41 Å². The van der Waals surface area contributed by atoms with Crippen LogP contribution >= 0.6 is 0 Å². The average molecular weight is 320 g/mol. The molecule has 2 atom stereocenters. The molecule has 0 fully saturated rings. The highest BCUT2D eigenvalue weighted by atomic mass is 19.1. The summed E-state index contributed by atoms with van der Waals surface area (Å²) in [5.41, 5.74) is 0.811. The predicted molar refractivity (Wildman–Crippen MR) is 88.6 cm³/mol. The van der Waals surface area contributed by atoms with Crippen molar-refractivity contribution in [2.45, 2.75) is 52.2 Å². The quantitative estimate of drug-likeness (QED) is 0.876. The first-order valence-electron chi connectivity index (χ1n) is 7.92. The normalized spacial score (nSPS) is 19.9. The van der Waals surface area contributed by atoms with Gasteiger partial charge < -0.3 is 15.3 Å². The highest BCUT2D eigenvalue weighted by molar-refractivity contribution is 5.65. The smallest absolute Gasteiger partial charge is 0.404 e. The van der Waals surface area contributed by atoms with Crippen molar-refractivity contribution in [1.82, 2.24) is 10.2 Å². The van der Waals surface area contributed by atoms with Gasteiger partial charge in [-0.05, 0) is 17.4 Å². The monoisotopic (exact) mass is 320 g/mol. The largest absolute Gasteiger partial charge is 0.465 e. The number of allylic oxidation sites excluding steroid dienone is 1. The molecule has 0 saturated heterocycles. The molecule has 1 aromatic rings. The molecule has 0 aliphatic carbocycles. The number of carboxylic acid groups (broad SMARTS) is 1. The fourth-order valence-electron chi connectivity index (χ4n) is 3.13. The fraction of sp³-hybridized carbons (Fsp3) is 0.500. The Morgan fingerprint density at radius 3 is 2.61 bits per heavy atom. The molecule has 1 heterocycles. The zero-order valence-corrected chi connectivity index (χ0v) is 13.9. The Morgan fingerprint density at radius 2 is 2.04 bits per heavy atom. The number of nitrogens with zero attached hydrogens (tertiary/aromatic N) is 1. The molecule has 1 aromatic carbocycles. The lowest BCUT2D eigenvalue weighted by molar-refractivity contribution is 0.105. The lowest BCUT2D eigenvalue weighted by Crippen LogP contribution is -2.56. The Labute approximate surface area is 137 Å². The first-order valence-corrected chi connectivity index (χ1v) is 7.92. The third-order valence-corrected chi connectivity index (χ3v) is 4.22. The second-order valence-electron chi connectivity index (χ2n) is 7.13. The van der Waals surface area contributed by atoms with Gasteiger partial charge in [0.05, 0.1) is 12.1 Å². The SMILES string of the molecule is CC(C)(C)C(NC(=O)O)C1CCC(F)=CN1Cc1ccccc1. The van der Waals surface area contributed by atoms with Gasteiger partial charge in [0, 0.05) is 19.2 Å². The van der Waals surface area contributed by atoms with E-state index in [1.54, 1.807) is 0 Å². The molecule has 1 amide bonds. The van der Waals surface area contributed by atoms with Gasteiger partial charge >= 0.3 is 6.09 Å². The summed E-state index contributed by atoms with van der Waals surface area (Å²) in [4.78, 5) is 13.1. The summed E-state index contributed by atoms with van der Waals surface area (Å²) in [6.07, 6.45) is 1.43. The van der Waals surface area contributed by atoms with E-state index in [4.69, 9.17) is 0 Å². The van der Waals surface area contributed by atoms with Crippen molar-refractivity contribution >= 4 is 6.09 Å². The van der Waals surface area contributed by atoms with Crippen molar-refractivity contribution in [3.05, 3.63) is 47.9 Å². The van der Waals surface area contributed by atoms with Crippen LogP contribution in [0.25, 0.3) is 0 Å². The molecule has 23 heavy (non-hydrogen) atoms. The molecule has 126 valence electrons. The van der Waals surface area contributed by atoms with Crippen LogP contribution in [0, 0.1) is 5.41 Å². The van der Waals surface area contributed by atoms with Crippen molar-refractivity contribution in [2.75, 3.05) is 0 Å². The minimum absolute atomic E-state index is 0.0780. The maximum atomic E-state index is 13.8. The molecule has 4 nitrogen and oxygen atoms in total. The average Bonchev–Trinajstić information content (AvgIpc) is 2.45. The molecule has 0 spiro atoms. The standard InChI is InChI=1S/C18H25FN2O2/c1-18(2,3)16(20-17(22)23)15-10-9-14(19)12-21(15)11-13-7-5-4-6-8-13/h4-8,12,15-16,20H,9-11H2,1-3H3,(H,22,23). The van der Waals surface area contributed by atoms with Gasteiger partial charge in [0.15, 0.2) is 0 Å². The summed E-state index contributed by atoms with van der Waals surface area (Å²) in [6.45, 7) is 6.57. The van der Waals surface area contributed by atoms with Crippen LogP contribution in [0.3, 0.4) is 0 Å². The number of nitrogens with one attached hydrogen (secondary N) is 1. The number of halogens is 1. The number of hydrogen-bond acceptors (Lipinski definition) is 2. The number of amides is 1. The molecule has 2 N–H and O–H groups in total. The van der Waals surface area contributed by atoms with Gasteiger partial charge in [0.2, 0.25) is 0 Å². The first kappa shape index (κ1) is 17.3. The molecule has 1 aliphatic rings. The highest BCUT2D eigenvalue weighted by Gasteiger charge is 2.37. The Balaban J connectivity index is 2.27. The molecule has 0 aromatic heterocycles. The molecule has 1 aliphatic heterocycles. The second kappa shape index (κ2) is 7.02. The van der Waals surface area contributed by atoms with Crippen LogP contribution in [0.5, 0.6) is 0 Å². The van der Waals surface area contributed by atoms with Gasteiger partial charge in [0.25, 0.3) is 0 Å². The van der Waals surface area contributed by atoms with Crippen molar-refractivity contribution < 1.29 is 14.3 Å². The number of hydrogen-bond donors (Lipinski definition) is 2. The molecule has 0 saturated carbocycles. The molecule has 2 unspecified atom stereocenters. The maximum absolute atomic E-state index is 13.8. The Morgan fingerprint density at radius 1 is 1.39 bits per heavy atom. The van der Waals surface area contributed by atoms with Gasteiger partial charge in [-0.25, -0.2) is 9.18 Å². The van der Waals surface area contributed by atoms with Crippen LogP contribution in [0.15, 0.2) is 42.4 Å². The van der Waals surface area contributed by atoms with E-state index in [-0.39, 0.29) is 23.3 Å². The third-order valence-electron chi connectivity index (χ3n) is 4.22. The van der Waals surface area contributed by atoms with Crippen LogP contribution in [-0.4, -0.2) is 28.2 Å².